The molecule has 1 aromatic heterocycles. The maximum atomic E-state index is 11.1. The number of anilines is 1. The van der Waals surface area contributed by atoms with Gasteiger partial charge >= 0.3 is 5.82 Å². The van der Waals surface area contributed by atoms with Crippen LogP contribution in [0.2, 0.25) is 0 Å². The first-order valence-corrected chi connectivity index (χ1v) is 6.53. The van der Waals surface area contributed by atoms with Crippen LogP contribution < -0.4 is 4.90 Å². The Morgan fingerprint density at radius 2 is 2.15 bits per heavy atom. The molecule has 0 bridgehead atoms. The van der Waals surface area contributed by atoms with Crippen LogP contribution in [0.15, 0.2) is 0 Å². The molecule has 0 atom stereocenters. The lowest BCUT2D eigenvalue weighted by atomic mass is 9.94. The number of rotatable bonds is 4. The van der Waals surface area contributed by atoms with Crippen LogP contribution >= 0.6 is 0 Å². The summed E-state index contributed by atoms with van der Waals surface area (Å²) >= 11 is 0. The Morgan fingerprint density at radius 3 is 2.70 bits per heavy atom. The van der Waals surface area contributed by atoms with Crippen LogP contribution in [0, 0.1) is 17.0 Å². The van der Waals surface area contributed by atoms with Crippen molar-refractivity contribution in [2.75, 3.05) is 31.7 Å². The molecule has 0 spiro atoms. The number of ether oxygens (including phenoxy) is 1. The third-order valence-corrected chi connectivity index (χ3v) is 3.76. The maximum absolute atomic E-state index is 11.1. The van der Waals surface area contributed by atoms with Gasteiger partial charge in [-0.1, -0.05) is 0 Å². The number of aromatic nitrogens is 2. The van der Waals surface area contributed by atoms with E-state index < -0.39 is 10.5 Å². The van der Waals surface area contributed by atoms with Crippen molar-refractivity contribution in [3.05, 3.63) is 15.9 Å². The highest BCUT2D eigenvalue weighted by Crippen LogP contribution is 2.30. The first-order chi connectivity index (χ1) is 9.34. The number of imidazole rings is 1. The topological polar surface area (TPSA) is 93.7 Å². The van der Waals surface area contributed by atoms with Gasteiger partial charge in [0.2, 0.25) is 11.6 Å². The quantitative estimate of drug-likeness (QED) is 0.643. The van der Waals surface area contributed by atoms with E-state index in [1.165, 1.54) is 0 Å². The fraction of sp³-hybridized carbons (Fsp3) is 0.750. The molecule has 1 aromatic rings. The number of nitrogens with zero attached hydrogens (tertiary/aromatic N) is 4. The van der Waals surface area contributed by atoms with Crippen molar-refractivity contribution >= 4 is 11.6 Å². The normalized spacial score (nSPS) is 18.0. The number of aliphatic hydroxyl groups is 1. The molecule has 1 aliphatic heterocycles. The molecule has 20 heavy (non-hydrogen) atoms. The largest absolute Gasteiger partial charge is 0.406 e. The standard InChI is InChI=1S/C12H20N4O4/c1-9-13-10(16(18)19)11(15(9)3)14(2)8-12(17)4-6-20-7-5-12/h17H,4-8H2,1-3H3. The summed E-state index contributed by atoms with van der Waals surface area (Å²) in [4.78, 5) is 16.3. The second-order valence-electron chi connectivity index (χ2n) is 5.32. The molecule has 0 radical (unpaired) electrons. The van der Waals surface area contributed by atoms with Crippen molar-refractivity contribution < 1.29 is 14.8 Å². The highest BCUT2D eigenvalue weighted by atomic mass is 16.6. The summed E-state index contributed by atoms with van der Waals surface area (Å²) in [6.07, 6.45) is 1.06. The van der Waals surface area contributed by atoms with Crippen LogP contribution in [0.3, 0.4) is 0 Å². The van der Waals surface area contributed by atoms with Gasteiger partial charge in [-0.15, -0.1) is 0 Å². The van der Waals surface area contributed by atoms with Gasteiger partial charge in [-0.3, -0.25) is 4.57 Å². The fourth-order valence-corrected chi connectivity index (χ4v) is 2.56. The zero-order chi connectivity index (χ0) is 14.9. The number of hydrogen-bond donors (Lipinski definition) is 1. The molecule has 1 fully saturated rings. The van der Waals surface area contributed by atoms with E-state index in [9.17, 15) is 15.2 Å². The van der Waals surface area contributed by atoms with E-state index in [1.54, 1.807) is 30.5 Å². The highest BCUT2D eigenvalue weighted by Gasteiger charge is 2.34. The molecule has 112 valence electrons. The van der Waals surface area contributed by atoms with Crippen molar-refractivity contribution in [1.82, 2.24) is 9.55 Å². The Morgan fingerprint density at radius 1 is 1.55 bits per heavy atom. The molecule has 0 aliphatic carbocycles. The Balaban J connectivity index is 2.24. The van der Waals surface area contributed by atoms with E-state index in [4.69, 9.17) is 4.74 Å². The molecule has 1 N–H and O–H groups in total. The monoisotopic (exact) mass is 284 g/mol. The predicted octanol–water partition coefficient (Wildman–Crippen LogP) is 0.614. The summed E-state index contributed by atoms with van der Waals surface area (Å²) in [5, 5.41) is 21.6. The summed E-state index contributed by atoms with van der Waals surface area (Å²) in [5.74, 6) is 0.799. The first kappa shape index (κ1) is 14.7. The van der Waals surface area contributed by atoms with Gasteiger partial charge in [0.15, 0.2) is 0 Å². The van der Waals surface area contributed by atoms with Crippen LogP contribution in [-0.4, -0.2) is 52.0 Å². The minimum atomic E-state index is -0.876. The summed E-state index contributed by atoms with van der Waals surface area (Å²) in [6.45, 7) is 3.05. The van der Waals surface area contributed by atoms with Gasteiger partial charge in [0.1, 0.15) is 0 Å². The highest BCUT2D eigenvalue weighted by molar-refractivity contribution is 5.55. The molecular formula is C12H20N4O4. The van der Waals surface area contributed by atoms with Crippen molar-refractivity contribution in [2.24, 2.45) is 7.05 Å². The van der Waals surface area contributed by atoms with Gasteiger partial charge in [0.05, 0.1) is 5.60 Å². The van der Waals surface area contributed by atoms with Crippen LogP contribution in [-0.2, 0) is 11.8 Å². The van der Waals surface area contributed by atoms with Gasteiger partial charge in [-0.2, -0.15) is 0 Å². The second kappa shape index (κ2) is 5.37. The summed E-state index contributed by atoms with van der Waals surface area (Å²) in [7, 11) is 3.46. The summed E-state index contributed by atoms with van der Waals surface area (Å²) < 4.78 is 6.91. The maximum Gasteiger partial charge on any atom is 0.406 e. The van der Waals surface area contributed by atoms with Gasteiger partial charge in [-0.05, 0) is 9.91 Å². The summed E-state index contributed by atoms with van der Waals surface area (Å²) in [6, 6.07) is 0. The molecular weight excluding hydrogens is 264 g/mol. The van der Waals surface area contributed by atoms with Crippen LogP contribution in [0.25, 0.3) is 0 Å². The van der Waals surface area contributed by atoms with E-state index in [1.807, 2.05) is 0 Å². The molecule has 1 aliphatic rings. The van der Waals surface area contributed by atoms with E-state index in [-0.39, 0.29) is 5.82 Å². The SMILES string of the molecule is Cc1nc([N+](=O)[O-])c(N(C)CC2(O)CCOCC2)n1C. The van der Waals surface area contributed by atoms with Gasteiger partial charge < -0.3 is 24.9 Å². The molecule has 0 saturated carbocycles. The molecule has 0 aromatic carbocycles. The van der Waals surface area contributed by atoms with Gasteiger partial charge in [0, 0.05) is 53.6 Å². The van der Waals surface area contributed by atoms with E-state index in [0.717, 1.165) is 0 Å². The van der Waals surface area contributed by atoms with E-state index >= 15 is 0 Å². The molecule has 8 nitrogen and oxygen atoms in total. The lowest BCUT2D eigenvalue weighted by molar-refractivity contribution is -0.388. The smallest absolute Gasteiger partial charge is 0.388 e. The molecule has 2 rings (SSSR count). The lowest BCUT2D eigenvalue weighted by Gasteiger charge is -2.35. The van der Waals surface area contributed by atoms with Gasteiger partial charge in [-0.25, -0.2) is 0 Å². The molecule has 0 unspecified atom stereocenters. The number of aryl methyl sites for hydroxylation is 1. The average Bonchev–Trinajstić information content (AvgIpc) is 2.66. The number of likely N-dealkylation sites (N-methyl/N-ethyl adjacent to an activating group) is 1. The van der Waals surface area contributed by atoms with Gasteiger partial charge in [0.25, 0.3) is 0 Å². The summed E-state index contributed by atoms with van der Waals surface area (Å²) in [5.41, 5.74) is -0.876. The molecule has 0 amide bonds. The van der Waals surface area contributed by atoms with Crippen LogP contribution in [0.5, 0.6) is 0 Å². The zero-order valence-corrected chi connectivity index (χ0v) is 12.0. The Labute approximate surface area is 117 Å². The van der Waals surface area contributed by atoms with Crippen LogP contribution in [0.1, 0.15) is 18.7 Å². The molecule has 8 heteroatoms. The Hall–Kier alpha value is -1.67. The van der Waals surface area contributed by atoms with Crippen molar-refractivity contribution in [3.63, 3.8) is 0 Å². The van der Waals surface area contributed by atoms with Crippen molar-refractivity contribution in [2.45, 2.75) is 25.4 Å². The predicted molar refractivity (Wildman–Crippen MR) is 72.9 cm³/mol. The van der Waals surface area contributed by atoms with Crippen LogP contribution in [0.4, 0.5) is 11.6 Å². The third kappa shape index (κ3) is 2.75. The number of hydrogen-bond acceptors (Lipinski definition) is 6. The molecule has 1 saturated heterocycles. The van der Waals surface area contributed by atoms with Crippen molar-refractivity contribution in [1.29, 1.82) is 0 Å². The fourth-order valence-electron chi connectivity index (χ4n) is 2.56. The Kier molecular flexibility index (Phi) is 3.96. The lowest BCUT2D eigenvalue weighted by Crippen LogP contribution is -2.46. The zero-order valence-electron chi connectivity index (χ0n) is 12.0. The minimum absolute atomic E-state index is 0.178. The number of nitro groups is 1. The van der Waals surface area contributed by atoms with E-state index in [2.05, 4.69) is 4.98 Å². The van der Waals surface area contributed by atoms with E-state index in [0.29, 0.717) is 44.2 Å². The second-order valence-corrected chi connectivity index (χ2v) is 5.32. The molecule has 2 heterocycles. The Bertz CT molecular complexity index is 508. The average molecular weight is 284 g/mol. The minimum Gasteiger partial charge on any atom is -0.388 e. The van der Waals surface area contributed by atoms with Crippen molar-refractivity contribution in [3.8, 4) is 0 Å². The third-order valence-electron chi connectivity index (χ3n) is 3.76. The first-order valence-electron chi connectivity index (χ1n) is 6.53.